The molecular weight excluding hydrogens is 184 g/mol. The molecule has 0 amide bonds. The number of carbonyl (C=O) groups excluding carboxylic acids is 1. The van der Waals surface area contributed by atoms with Gasteiger partial charge in [0.1, 0.15) is 6.29 Å². The average molecular weight is 196 g/mol. The zero-order valence-corrected chi connectivity index (χ0v) is 8.39. The van der Waals surface area contributed by atoms with Crippen LogP contribution >= 0.6 is 0 Å². The smallest absolute Gasteiger partial charge is 0.149 e. The third kappa shape index (κ3) is 2.53. The second kappa shape index (κ2) is 4.56. The highest BCUT2D eigenvalue weighted by molar-refractivity contribution is 5.79. The van der Waals surface area contributed by atoms with Crippen molar-refractivity contribution in [1.29, 1.82) is 0 Å². The molecule has 0 N–H and O–H groups in total. The van der Waals surface area contributed by atoms with Gasteiger partial charge in [0.15, 0.2) is 0 Å². The normalized spacial score (nSPS) is 17.6. The maximum atomic E-state index is 10.5. The van der Waals surface area contributed by atoms with Gasteiger partial charge in [-0.25, -0.2) is 0 Å². The zero-order chi connectivity index (χ0) is 10.5. The van der Waals surface area contributed by atoms with Crippen molar-refractivity contribution >= 4 is 12.4 Å². The predicted octanol–water partition coefficient (Wildman–Crippen LogP) is 3.16. The van der Waals surface area contributed by atoms with Gasteiger partial charge in [0.25, 0.3) is 0 Å². The first-order valence-corrected chi connectivity index (χ1v) is 4.97. The van der Waals surface area contributed by atoms with Crippen LogP contribution in [0.3, 0.4) is 0 Å². The molecule has 0 atom stereocenters. The molecule has 0 spiro atoms. The molecule has 1 aromatic carbocycles. The summed E-state index contributed by atoms with van der Waals surface area (Å²) in [7, 11) is 0. The Bertz CT molecular complexity index is 436. The van der Waals surface area contributed by atoms with Crippen molar-refractivity contribution in [3.05, 3.63) is 65.3 Å². The Morgan fingerprint density at radius 1 is 1.07 bits per heavy atom. The lowest BCUT2D eigenvalue weighted by Crippen LogP contribution is -1.88. The third-order valence-corrected chi connectivity index (χ3v) is 2.35. The number of hydrogen-bond donors (Lipinski definition) is 0. The molecule has 1 nitrogen and oxygen atoms in total. The number of hydrogen-bond acceptors (Lipinski definition) is 1. The van der Waals surface area contributed by atoms with Gasteiger partial charge in [-0.3, -0.25) is 4.79 Å². The molecule has 0 heterocycles. The third-order valence-electron chi connectivity index (χ3n) is 2.35. The van der Waals surface area contributed by atoms with Crippen LogP contribution in [0.25, 0.3) is 6.08 Å². The van der Waals surface area contributed by atoms with E-state index >= 15 is 0 Å². The second-order valence-corrected chi connectivity index (χ2v) is 3.49. The summed E-state index contributed by atoms with van der Waals surface area (Å²) < 4.78 is 0. The summed E-state index contributed by atoms with van der Waals surface area (Å²) >= 11 is 0. The molecule has 1 heteroatoms. The van der Waals surface area contributed by atoms with E-state index in [0.717, 1.165) is 18.3 Å². The van der Waals surface area contributed by atoms with Gasteiger partial charge in [0, 0.05) is 5.57 Å². The van der Waals surface area contributed by atoms with Crippen molar-refractivity contribution in [3.63, 3.8) is 0 Å². The van der Waals surface area contributed by atoms with E-state index in [0.29, 0.717) is 0 Å². The van der Waals surface area contributed by atoms with E-state index in [2.05, 4.69) is 18.2 Å². The fourth-order valence-corrected chi connectivity index (χ4v) is 1.53. The van der Waals surface area contributed by atoms with Crippen LogP contribution in [0.1, 0.15) is 12.0 Å². The molecule has 0 fully saturated rings. The van der Waals surface area contributed by atoms with Crippen LogP contribution in [0, 0.1) is 0 Å². The van der Waals surface area contributed by atoms with E-state index in [1.165, 1.54) is 11.1 Å². The summed E-state index contributed by atoms with van der Waals surface area (Å²) in [6, 6.07) is 10.2. The lowest BCUT2D eigenvalue weighted by Gasteiger charge is -2.04. The predicted molar refractivity (Wildman–Crippen MR) is 62.3 cm³/mol. The monoisotopic (exact) mass is 196 g/mol. The molecule has 1 aliphatic carbocycles. The van der Waals surface area contributed by atoms with Gasteiger partial charge in [-0.2, -0.15) is 0 Å². The molecule has 0 unspecified atom stereocenters. The van der Waals surface area contributed by atoms with Gasteiger partial charge in [-0.1, -0.05) is 54.6 Å². The summed E-state index contributed by atoms with van der Waals surface area (Å²) in [5, 5.41) is 0. The van der Waals surface area contributed by atoms with Gasteiger partial charge >= 0.3 is 0 Å². The lowest BCUT2D eigenvalue weighted by molar-refractivity contribution is -0.104. The molecule has 0 saturated carbocycles. The van der Waals surface area contributed by atoms with E-state index in [1.807, 2.05) is 36.4 Å². The summed E-state index contributed by atoms with van der Waals surface area (Å²) in [5.74, 6) is 0. The highest BCUT2D eigenvalue weighted by atomic mass is 16.1. The lowest BCUT2D eigenvalue weighted by atomic mass is 10.0. The van der Waals surface area contributed by atoms with Gasteiger partial charge in [-0.15, -0.1) is 0 Å². The minimum absolute atomic E-state index is 0.764. The number of allylic oxidation sites excluding steroid dienone is 5. The van der Waals surface area contributed by atoms with Gasteiger partial charge in [0.2, 0.25) is 0 Å². The van der Waals surface area contributed by atoms with Crippen LogP contribution in [0.5, 0.6) is 0 Å². The van der Waals surface area contributed by atoms with Crippen molar-refractivity contribution < 1.29 is 4.79 Å². The van der Waals surface area contributed by atoms with Crippen LogP contribution < -0.4 is 0 Å². The minimum atomic E-state index is 0.764. The highest BCUT2D eigenvalue weighted by Gasteiger charge is 1.99. The molecule has 1 aliphatic rings. The van der Waals surface area contributed by atoms with Crippen molar-refractivity contribution in [3.8, 4) is 0 Å². The van der Waals surface area contributed by atoms with E-state index in [9.17, 15) is 4.79 Å². The Morgan fingerprint density at radius 3 is 2.47 bits per heavy atom. The number of benzene rings is 1. The number of rotatable bonds is 2. The largest absolute Gasteiger partial charge is 0.298 e. The number of carbonyl (C=O) groups is 1. The summed E-state index contributed by atoms with van der Waals surface area (Å²) in [5.41, 5.74) is 3.19. The Kier molecular flexibility index (Phi) is 2.93. The Balaban J connectivity index is 2.16. The van der Waals surface area contributed by atoms with Crippen molar-refractivity contribution in [1.82, 2.24) is 0 Å². The second-order valence-electron chi connectivity index (χ2n) is 3.49. The molecule has 0 aliphatic heterocycles. The number of aldehydes is 1. The van der Waals surface area contributed by atoms with Crippen molar-refractivity contribution in [2.75, 3.05) is 0 Å². The first-order chi connectivity index (χ1) is 7.38. The molecule has 15 heavy (non-hydrogen) atoms. The minimum Gasteiger partial charge on any atom is -0.298 e. The molecule has 2 rings (SSSR count). The average Bonchev–Trinajstić information content (AvgIpc) is 2.31. The quantitative estimate of drug-likeness (QED) is 0.664. The summed E-state index contributed by atoms with van der Waals surface area (Å²) in [4.78, 5) is 10.5. The van der Waals surface area contributed by atoms with Crippen LogP contribution in [-0.4, -0.2) is 6.29 Å². The Hall–Kier alpha value is -1.89. The van der Waals surface area contributed by atoms with Crippen LogP contribution in [0.4, 0.5) is 0 Å². The van der Waals surface area contributed by atoms with Crippen LogP contribution in [0.15, 0.2) is 59.7 Å². The first-order valence-electron chi connectivity index (χ1n) is 4.97. The molecule has 0 saturated heterocycles. The highest BCUT2D eigenvalue weighted by Crippen LogP contribution is 2.17. The fraction of sp³-hybridized carbons (Fsp3) is 0.0714. The molecular formula is C14H12O. The molecule has 0 bridgehead atoms. The Morgan fingerprint density at radius 2 is 1.87 bits per heavy atom. The Labute approximate surface area is 89.4 Å². The topological polar surface area (TPSA) is 17.1 Å². The van der Waals surface area contributed by atoms with Crippen LogP contribution in [-0.2, 0) is 4.79 Å². The van der Waals surface area contributed by atoms with E-state index in [-0.39, 0.29) is 0 Å². The maximum absolute atomic E-state index is 10.5. The first kappa shape index (κ1) is 9.66. The van der Waals surface area contributed by atoms with Gasteiger partial charge < -0.3 is 0 Å². The molecule has 74 valence electrons. The zero-order valence-electron chi connectivity index (χ0n) is 8.39. The molecule has 0 radical (unpaired) electrons. The molecule has 1 aromatic rings. The van der Waals surface area contributed by atoms with E-state index in [4.69, 9.17) is 0 Å². The fourth-order valence-electron chi connectivity index (χ4n) is 1.53. The van der Waals surface area contributed by atoms with Crippen molar-refractivity contribution in [2.24, 2.45) is 0 Å². The SMILES string of the molecule is O=CC1=CCC(=Cc2ccccc2)C=C1. The summed E-state index contributed by atoms with van der Waals surface area (Å²) in [6.45, 7) is 0. The molecule has 0 aromatic heterocycles. The maximum Gasteiger partial charge on any atom is 0.149 e. The van der Waals surface area contributed by atoms with Gasteiger partial charge in [-0.05, 0) is 17.6 Å². The summed E-state index contributed by atoms with van der Waals surface area (Å²) in [6.07, 6.45) is 9.65. The van der Waals surface area contributed by atoms with Crippen LogP contribution in [0.2, 0.25) is 0 Å². The standard InChI is InChI=1S/C14H12O/c15-11-14-8-6-13(7-9-14)10-12-4-2-1-3-5-12/h1-6,8-11H,7H2. The van der Waals surface area contributed by atoms with E-state index in [1.54, 1.807) is 0 Å². The van der Waals surface area contributed by atoms with Crippen molar-refractivity contribution in [2.45, 2.75) is 6.42 Å². The van der Waals surface area contributed by atoms with E-state index < -0.39 is 0 Å². The van der Waals surface area contributed by atoms with Gasteiger partial charge in [0.05, 0.1) is 0 Å².